The molecule has 0 bridgehead atoms. The standard InChI is InChI=1S/C33H26N2O4S3/c1-40-25-13-7-21(8-14-25)34-23-11-17-27-30(19-23)39-31-20-24(35-22-9-15-26(41-2)16-10-22)12-18-28(31)33(27)29-5-3-4-6-32(29)42(36,37)38/h3-20,34H,1-2H3,(H,36,37,38). The van der Waals surface area contributed by atoms with Crippen molar-refractivity contribution in [3.8, 4) is 22.5 Å². The molecular formula is C33H26N2O4S3. The van der Waals surface area contributed by atoms with E-state index >= 15 is 0 Å². The average molecular weight is 611 g/mol. The smallest absolute Gasteiger partial charge is 0.295 e. The first-order chi connectivity index (χ1) is 20.3. The molecule has 0 saturated heterocycles. The maximum absolute atomic E-state index is 12.4. The molecule has 0 unspecified atom stereocenters. The van der Waals surface area contributed by atoms with Crippen molar-refractivity contribution in [1.29, 1.82) is 0 Å². The zero-order valence-electron chi connectivity index (χ0n) is 22.7. The van der Waals surface area contributed by atoms with Crippen LogP contribution in [-0.2, 0) is 10.1 Å². The molecule has 0 aromatic heterocycles. The van der Waals surface area contributed by atoms with Gasteiger partial charge in [-0.25, -0.2) is 4.99 Å². The minimum absolute atomic E-state index is 0.169. The van der Waals surface area contributed by atoms with Gasteiger partial charge in [-0.3, -0.25) is 4.55 Å². The molecule has 6 nitrogen and oxygen atoms in total. The summed E-state index contributed by atoms with van der Waals surface area (Å²) in [6, 6.07) is 33.9. The Labute approximate surface area is 252 Å². The predicted octanol–water partition coefficient (Wildman–Crippen LogP) is 8.87. The fraction of sp³-hybridized carbons (Fsp3) is 0.0606. The van der Waals surface area contributed by atoms with Crippen LogP contribution in [0.2, 0.25) is 0 Å². The summed E-state index contributed by atoms with van der Waals surface area (Å²) in [5.74, 6) is 0.533. The largest absolute Gasteiger partial charge is 0.456 e. The van der Waals surface area contributed by atoms with Crippen molar-refractivity contribution in [3.63, 3.8) is 0 Å². The minimum Gasteiger partial charge on any atom is -0.456 e. The highest BCUT2D eigenvalue weighted by Gasteiger charge is 2.23. The van der Waals surface area contributed by atoms with E-state index in [0.717, 1.165) is 22.0 Å². The maximum atomic E-state index is 12.4. The van der Waals surface area contributed by atoms with Gasteiger partial charge >= 0.3 is 0 Å². The van der Waals surface area contributed by atoms with Gasteiger partial charge in [-0.1, -0.05) is 18.2 Å². The highest BCUT2D eigenvalue weighted by molar-refractivity contribution is 7.98. The van der Waals surface area contributed by atoms with Crippen molar-refractivity contribution in [3.05, 3.63) is 115 Å². The van der Waals surface area contributed by atoms with E-state index in [1.807, 2.05) is 85.3 Å². The van der Waals surface area contributed by atoms with Crippen molar-refractivity contribution in [2.75, 3.05) is 17.8 Å². The second-order valence-electron chi connectivity index (χ2n) is 9.50. The SMILES string of the molecule is CSc1ccc(N=c2ccc3c(-c4ccccc4S(=O)(=O)O)c4ccc(Nc5ccc(SC)cc5)cc4oc-3c2)cc1. The van der Waals surface area contributed by atoms with Gasteiger partial charge in [0.1, 0.15) is 16.2 Å². The van der Waals surface area contributed by atoms with Crippen LogP contribution >= 0.6 is 23.5 Å². The van der Waals surface area contributed by atoms with Crippen LogP contribution in [0.5, 0.6) is 0 Å². The lowest BCUT2D eigenvalue weighted by molar-refractivity contribution is 0.483. The van der Waals surface area contributed by atoms with Gasteiger partial charge in [0.25, 0.3) is 10.1 Å². The topological polar surface area (TPSA) is 91.9 Å². The van der Waals surface area contributed by atoms with Crippen molar-refractivity contribution in [1.82, 2.24) is 0 Å². The zero-order valence-corrected chi connectivity index (χ0v) is 25.2. The predicted molar refractivity (Wildman–Crippen MR) is 173 cm³/mol. The van der Waals surface area contributed by atoms with Crippen molar-refractivity contribution in [2.24, 2.45) is 4.99 Å². The van der Waals surface area contributed by atoms with Crippen LogP contribution < -0.4 is 10.7 Å². The molecule has 2 aliphatic rings. The van der Waals surface area contributed by atoms with Gasteiger partial charge in [0.05, 0.1) is 11.0 Å². The number of benzene rings is 5. The molecule has 0 saturated carbocycles. The summed E-state index contributed by atoms with van der Waals surface area (Å²) >= 11 is 3.35. The quantitative estimate of drug-likeness (QED) is 0.106. The lowest BCUT2D eigenvalue weighted by atomic mass is 9.93. The summed E-state index contributed by atoms with van der Waals surface area (Å²) in [4.78, 5) is 6.93. The molecule has 1 aliphatic heterocycles. The Kier molecular flexibility index (Phi) is 7.83. The van der Waals surface area contributed by atoms with Crippen LogP contribution in [0.25, 0.3) is 33.4 Å². The molecule has 210 valence electrons. The summed E-state index contributed by atoms with van der Waals surface area (Å²) < 4.78 is 41.4. The van der Waals surface area contributed by atoms with Gasteiger partial charge < -0.3 is 9.73 Å². The lowest BCUT2D eigenvalue weighted by Crippen LogP contribution is -2.04. The number of nitrogens with one attached hydrogen (secondary N) is 1. The second kappa shape index (κ2) is 11.7. The van der Waals surface area contributed by atoms with Crippen LogP contribution in [-0.4, -0.2) is 25.5 Å². The van der Waals surface area contributed by atoms with Gasteiger partial charge in [-0.15, -0.1) is 23.5 Å². The van der Waals surface area contributed by atoms with Gasteiger partial charge in [-0.05, 0) is 91.4 Å². The lowest BCUT2D eigenvalue weighted by Gasteiger charge is -2.18. The molecule has 4 aromatic carbocycles. The Morgan fingerprint density at radius 1 is 0.738 bits per heavy atom. The van der Waals surface area contributed by atoms with E-state index < -0.39 is 10.1 Å². The summed E-state index contributed by atoms with van der Waals surface area (Å²) in [5, 5.41) is 4.82. The van der Waals surface area contributed by atoms with Gasteiger partial charge in [-0.2, -0.15) is 8.42 Å². The molecule has 6 rings (SSSR count). The summed E-state index contributed by atoms with van der Waals surface area (Å²) in [5.41, 5.74) is 4.83. The number of hydrogen-bond donors (Lipinski definition) is 2. The van der Waals surface area contributed by atoms with E-state index in [0.29, 0.717) is 38.8 Å². The number of fused-ring (bicyclic) bond motifs is 2. The Bertz CT molecular complexity index is 2050. The van der Waals surface area contributed by atoms with E-state index in [2.05, 4.69) is 17.4 Å². The Morgan fingerprint density at radius 2 is 1.40 bits per heavy atom. The summed E-state index contributed by atoms with van der Waals surface area (Å²) in [7, 11) is -4.49. The molecule has 0 fully saturated rings. The molecule has 4 aromatic rings. The van der Waals surface area contributed by atoms with E-state index in [-0.39, 0.29) is 4.90 Å². The van der Waals surface area contributed by atoms with Gasteiger partial charge in [0, 0.05) is 55.4 Å². The molecule has 9 heteroatoms. The third-order valence-corrected chi connectivity index (χ3v) is 9.25. The average Bonchev–Trinajstić information content (AvgIpc) is 3.00. The molecule has 1 aliphatic carbocycles. The molecule has 0 radical (unpaired) electrons. The first-order valence-corrected chi connectivity index (χ1v) is 16.9. The fourth-order valence-electron chi connectivity index (χ4n) is 4.86. The van der Waals surface area contributed by atoms with E-state index in [9.17, 15) is 13.0 Å². The van der Waals surface area contributed by atoms with Crippen molar-refractivity contribution < 1.29 is 17.4 Å². The van der Waals surface area contributed by atoms with Gasteiger partial charge in [0.15, 0.2) is 0 Å². The zero-order chi connectivity index (χ0) is 29.3. The fourth-order valence-corrected chi connectivity index (χ4v) is 6.38. The van der Waals surface area contributed by atoms with Crippen LogP contribution in [0.15, 0.2) is 133 Å². The van der Waals surface area contributed by atoms with Crippen molar-refractivity contribution >= 4 is 61.7 Å². The molecule has 2 N–H and O–H groups in total. The van der Waals surface area contributed by atoms with E-state index in [1.165, 1.54) is 11.0 Å². The first kappa shape index (κ1) is 28.1. The summed E-state index contributed by atoms with van der Waals surface area (Å²) in [6.07, 6.45) is 4.07. The second-order valence-corrected chi connectivity index (χ2v) is 12.7. The Balaban J connectivity index is 1.56. The van der Waals surface area contributed by atoms with Crippen LogP contribution in [0.4, 0.5) is 17.1 Å². The van der Waals surface area contributed by atoms with E-state index in [4.69, 9.17) is 9.41 Å². The highest BCUT2D eigenvalue weighted by Crippen LogP contribution is 2.43. The molecule has 1 heterocycles. The highest BCUT2D eigenvalue weighted by atomic mass is 32.2. The Morgan fingerprint density at radius 3 is 2.10 bits per heavy atom. The first-order valence-electron chi connectivity index (χ1n) is 13.0. The molecule has 0 amide bonds. The summed E-state index contributed by atoms with van der Waals surface area (Å²) in [6.45, 7) is 0. The third kappa shape index (κ3) is 5.82. The number of thioether (sulfide) groups is 2. The molecule has 42 heavy (non-hydrogen) atoms. The monoisotopic (exact) mass is 610 g/mol. The number of rotatable bonds is 7. The van der Waals surface area contributed by atoms with E-state index in [1.54, 1.807) is 41.7 Å². The third-order valence-electron chi connectivity index (χ3n) is 6.85. The number of nitrogens with zero attached hydrogens (tertiary/aromatic N) is 1. The number of hydrogen-bond acceptors (Lipinski definition) is 7. The number of anilines is 2. The maximum Gasteiger partial charge on any atom is 0.295 e. The minimum atomic E-state index is -4.49. The van der Waals surface area contributed by atoms with Crippen LogP contribution in [0.1, 0.15) is 0 Å². The van der Waals surface area contributed by atoms with Crippen LogP contribution in [0.3, 0.4) is 0 Å². The normalized spacial score (nSPS) is 12.2. The molecule has 0 atom stereocenters. The van der Waals surface area contributed by atoms with Gasteiger partial charge in [0.2, 0.25) is 0 Å². The Hall–Kier alpha value is -4.02. The molecule has 0 spiro atoms. The van der Waals surface area contributed by atoms with Crippen LogP contribution in [0, 0.1) is 0 Å². The van der Waals surface area contributed by atoms with Crippen molar-refractivity contribution in [2.45, 2.75) is 14.7 Å². The molecular weight excluding hydrogens is 585 g/mol.